The van der Waals surface area contributed by atoms with E-state index in [0.29, 0.717) is 13.0 Å². The highest BCUT2D eigenvalue weighted by Crippen LogP contribution is 2.29. The molecule has 0 saturated carbocycles. The summed E-state index contributed by atoms with van der Waals surface area (Å²) in [6.07, 6.45) is 2.58. The minimum Gasteiger partial charge on any atom is -0.302 e. The van der Waals surface area contributed by atoms with E-state index >= 15 is 0 Å². The van der Waals surface area contributed by atoms with Crippen molar-refractivity contribution in [3.05, 3.63) is 24.3 Å². The van der Waals surface area contributed by atoms with Gasteiger partial charge in [-0.3, -0.25) is 9.69 Å². The van der Waals surface area contributed by atoms with Crippen LogP contribution in [0.4, 0.5) is 5.13 Å². The van der Waals surface area contributed by atoms with Crippen LogP contribution in [0.1, 0.15) is 40.0 Å². The third-order valence-corrected chi connectivity index (χ3v) is 5.15. The second-order valence-corrected chi connectivity index (χ2v) is 6.65. The van der Waals surface area contributed by atoms with Gasteiger partial charge in [-0.2, -0.15) is 0 Å². The Balaban J connectivity index is 2.19. The molecule has 0 unspecified atom stereocenters. The lowest BCUT2D eigenvalue weighted by molar-refractivity contribution is -0.118. The minimum atomic E-state index is 0.193. The van der Waals surface area contributed by atoms with Crippen LogP contribution in [-0.2, 0) is 4.79 Å². The number of fused-ring (bicyclic) bond motifs is 1. The number of hydrogen-bond acceptors (Lipinski definition) is 4. The van der Waals surface area contributed by atoms with Gasteiger partial charge in [0.25, 0.3) is 0 Å². The van der Waals surface area contributed by atoms with Gasteiger partial charge in [0.1, 0.15) is 0 Å². The predicted octanol–water partition coefficient (Wildman–Crippen LogP) is 4.16. The fraction of sp³-hybridized carbons (Fsp3) is 0.556. The van der Waals surface area contributed by atoms with Gasteiger partial charge in [0.15, 0.2) is 5.13 Å². The molecule has 126 valence electrons. The molecule has 0 saturated heterocycles. The number of thiazole rings is 1. The fourth-order valence-electron chi connectivity index (χ4n) is 2.55. The Hall–Kier alpha value is -1.46. The molecule has 0 fully saturated rings. The van der Waals surface area contributed by atoms with Gasteiger partial charge in [-0.1, -0.05) is 50.7 Å². The van der Waals surface area contributed by atoms with E-state index in [1.807, 2.05) is 23.1 Å². The van der Waals surface area contributed by atoms with E-state index in [-0.39, 0.29) is 5.91 Å². The summed E-state index contributed by atoms with van der Waals surface area (Å²) < 4.78 is 1.14. The summed E-state index contributed by atoms with van der Waals surface area (Å²) in [6.45, 7) is 10.0. The van der Waals surface area contributed by atoms with Crippen molar-refractivity contribution in [2.24, 2.45) is 0 Å². The Morgan fingerprint density at radius 2 is 1.87 bits per heavy atom. The van der Waals surface area contributed by atoms with Gasteiger partial charge in [0.2, 0.25) is 5.91 Å². The van der Waals surface area contributed by atoms with Crippen LogP contribution >= 0.6 is 11.3 Å². The number of nitrogens with zero attached hydrogens (tertiary/aromatic N) is 3. The van der Waals surface area contributed by atoms with Gasteiger partial charge in [0, 0.05) is 19.5 Å². The Labute approximate surface area is 143 Å². The average Bonchev–Trinajstić information content (AvgIpc) is 3.00. The number of aromatic nitrogens is 1. The first-order valence-electron chi connectivity index (χ1n) is 8.57. The quantitative estimate of drug-likeness (QED) is 0.691. The van der Waals surface area contributed by atoms with Crippen LogP contribution in [0.15, 0.2) is 24.3 Å². The van der Waals surface area contributed by atoms with Crippen LogP contribution in [0.3, 0.4) is 0 Å². The van der Waals surface area contributed by atoms with E-state index < -0.39 is 0 Å². The zero-order chi connectivity index (χ0) is 16.7. The Morgan fingerprint density at radius 3 is 2.52 bits per heavy atom. The maximum absolute atomic E-state index is 12.6. The molecule has 0 atom stereocenters. The van der Waals surface area contributed by atoms with Crippen LogP contribution < -0.4 is 4.90 Å². The van der Waals surface area contributed by atoms with Crippen molar-refractivity contribution in [1.29, 1.82) is 0 Å². The van der Waals surface area contributed by atoms with E-state index in [0.717, 1.165) is 47.8 Å². The van der Waals surface area contributed by atoms with Crippen LogP contribution in [-0.4, -0.2) is 42.0 Å². The number of unbranched alkanes of at least 4 members (excludes halogenated alkanes) is 1. The molecule has 0 aliphatic rings. The third-order valence-electron chi connectivity index (χ3n) is 4.09. The first-order chi connectivity index (χ1) is 11.2. The molecule has 1 aromatic carbocycles. The van der Waals surface area contributed by atoms with Gasteiger partial charge in [0.05, 0.1) is 10.2 Å². The van der Waals surface area contributed by atoms with E-state index in [1.54, 1.807) is 11.3 Å². The molecular formula is C18H27N3OS. The van der Waals surface area contributed by atoms with Crippen LogP contribution in [0, 0.1) is 0 Å². The van der Waals surface area contributed by atoms with Crippen molar-refractivity contribution in [1.82, 2.24) is 9.88 Å². The maximum Gasteiger partial charge on any atom is 0.228 e. The molecule has 2 aromatic rings. The first kappa shape index (κ1) is 17.9. The highest BCUT2D eigenvalue weighted by atomic mass is 32.1. The lowest BCUT2D eigenvalue weighted by atomic mass is 10.2. The maximum atomic E-state index is 12.6. The average molecular weight is 334 g/mol. The molecule has 0 aliphatic heterocycles. The van der Waals surface area contributed by atoms with Gasteiger partial charge in [-0.25, -0.2) is 4.98 Å². The van der Waals surface area contributed by atoms with E-state index in [1.165, 1.54) is 0 Å². The summed E-state index contributed by atoms with van der Waals surface area (Å²) in [4.78, 5) is 21.5. The molecule has 0 N–H and O–H groups in total. The smallest absolute Gasteiger partial charge is 0.228 e. The summed E-state index contributed by atoms with van der Waals surface area (Å²) in [6, 6.07) is 8.08. The highest BCUT2D eigenvalue weighted by Gasteiger charge is 2.19. The zero-order valence-electron chi connectivity index (χ0n) is 14.4. The normalized spacial score (nSPS) is 11.3. The molecular weight excluding hydrogens is 306 g/mol. The summed E-state index contributed by atoms with van der Waals surface area (Å²) in [5.41, 5.74) is 0.976. The SMILES string of the molecule is CCCCC(=O)N(CCN(CC)CC)c1nc2ccccc2s1. The Morgan fingerprint density at radius 1 is 1.13 bits per heavy atom. The predicted molar refractivity (Wildman–Crippen MR) is 99.3 cm³/mol. The van der Waals surface area contributed by atoms with Gasteiger partial charge >= 0.3 is 0 Å². The number of amides is 1. The summed E-state index contributed by atoms with van der Waals surface area (Å²) >= 11 is 1.61. The minimum absolute atomic E-state index is 0.193. The van der Waals surface area contributed by atoms with Crippen LogP contribution in [0.2, 0.25) is 0 Å². The molecule has 0 spiro atoms. The third kappa shape index (κ3) is 4.75. The van der Waals surface area contributed by atoms with Gasteiger partial charge in [-0.05, 0) is 31.6 Å². The molecule has 0 aliphatic carbocycles. The highest BCUT2D eigenvalue weighted by molar-refractivity contribution is 7.22. The number of carbonyl (C=O) groups excluding carboxylic acids is 1. The number of para-hydroxylation sites is 1. The Bertz CT molecular complexity index is 589. The number of hydrogen-bond donors (Lipinski definition) is 0. The van der Waals surface area contributed by atoms with E-state index in [9.17, 15) is 4.79 Å². The number of carbonyl (C=O) groups is 1. The lowest BCUT2D eigenvalue weighted by Crippen LogP contribution is -2.38. The van der Waals surface area contributed by atoms with E-state index in [4.69, 9.17) is 0 Å². The number of anilines is 1. The van der Waals surface area contributed by atoms with Crippen molar-refractivity contribution in [3.63, 3.8) is 0 Å². The van der Waals surface area contributed by atoms with Crippen molar-refractivity contribution in [2.75, 3.05) is 31.1 Å². The summed E-state index contributed by atoms with van der Waals surface area (Å²) in [7, 11) is 0. The van der Waals surface area contributed by atoms with Crippen molar-refractivity contribution < 1.29 is 4.79 Å². The first-order valence-corrected chi connectivity index (χ1v) is 9.39. The van der Waals surface area contributed by atoms with Crippen LogP contribution in [0.5, 0.6) is 0 Å². The number of rotatable bonds is 9. The van der Waals surface area contributed by atoms with Crippen molar-refractivity contribution in [2.45, 2.75) is 40.0 Å². The van der Waals surface area contributed by atoms with Crippen LogP contribution in [0.25, 0.3) is 10.2 Å². The number of benzene rings is 1. The van der Waals surface area contributed by atoms with Crippen molar-refractivity contribution >= 4 is 32.6 Å². The number of likely N-dealkylation sites (N-methyl/N-ethyl adjacent to an activating group) is 1. The molecule has 5 heteroatoms. The molecule has 0 radical (unpaired) electrons. The standard InChI is InChI=1S/C18H27N3OS/c1-4-7-12-17(22)21(14-13-20(5-2)6-3)18-19-15-10-8-9-11-16(15)23-18/h8-11H,4-7,12-14H2,1-3H3. The monoisotopic (exact) mass is 333 g/mol. The largest absolute Gasteiger partial charge is 0.302 e. The molecule has 1 aromatic heterocycles. The Kier molecular flexibility index (Phi) is 6.99. The molecule has 1 amide bonds. The van der Waals surface area contributed by atoms with Gasteiger partial charge in [-0.15, -0.1) is 0 Å². The molecule has 23 heavy (non-hydrogen) atoms. The zero-order valence-corrected chi connectivity index (χ0v) is 15.2. The fourth-order valence-corrected chi connectivity index (χ4v) is 3.56. The molecule has 0 bridgehead atoms. The summed E-state index contributed by atoms with van der Waals surface area (Å²) in [5.74, 6) is 0.193. The van der Waals surface area contributed by atoms with E-state index in [2.05, 4.69) is 36.7 Å². The van der Waals surface area contributed by atoms with Crippen molar-refractivity contribution in [3.8, 4) is 0 Å². The molecule has 4 nitrogen and oxygen atoms in total. The van der Waals surface area contributed by atoms with Gasteiger partial charge < -0.3 is 4.90 Å². The molecule has 1 heterocycles. The molecule has 2 rings (SSSR count). The second kappa shape index (κ2) is 8.99. The topological polar surface area (TPSA) is 36.4 Å². The second-order valence-electron chi connectivity index (χ2n) is 5.64. The summed E-state index contributed by atoms with van der Waals surface area (Å²) in [5, 5.41) is 0.833. The lowest BCUT2D eigenvalue weighted by Gasteiger charge is -2.24.